The minimum absolute atomic E-state index is 0.220. The molecule has 0 aromatic heterocycles. The van der Waals surface area contributed by atoms with Crippen molar-refractivity contribution < 1.29 is 19.4 Å². The molecule has 4 rings (SSSR count). The Balaban J connectivity index is 1.79. The summed E-state index contributed by atoms with van der Waals surface area (Å²) in [5.74, 6) is 0.679. The van der Waals surface area contributed by atoms with E-state index in [0.717, 1.165) is 16.7 Å². The summed E-state index contributed by atoms with van der Waals surface area (Å²) < 4.78 is 10.8. The number of amides is 1. The van der Waals surface area contributed by atoms with Crippen LogP contribution in [0.25, 0.3) is 5.57 Å². The average molecular weight is 401 g/mol. The first-order valence-electron chi connectivity index (χ1n) is 9.69. The highest BCUT2D eigenvalue weighted by Gasteiger charge is 2.41. The highest BCUT2D eigenvalue weighted by molar-refractivity contribution is 6.05. The third-order valence-corrected chi connectivity index (χ3v) is 5.34. The molecule has 0 fully saturated rings. The molecule has 5 nitrogen and oxygen atoms in total. The average Bonchev–Trinajstić information content (AvgIpc) is 3.05. The maximum Gasteiger partial charge on any atom is 0.290 e. The third kappa shape index (κ3) is 3.50. The van der Waals surface area contributed by atoms with Crippen LogP contribution in [0.3, 0.4) is 0 Å². The van der Waals surface area contributed by atoms with Crippen LogP contribution in [0.2, 0.25) is 0 Å². The number of hydrogen-bond acceptors (Lipinski definition) is 4. The molecule has 5 heteroatoms. The van der Waals surface area contributed by atoms with E-state index in [1.54, 1.807) is 25.2 Å². The van der Waals surface area contributed by atoms with Crippen molar-refractivity contribution in [1.82, 2.24) is 4.90 Å². The monoisotopic (exact) mass is 401 g/mol. The van der Waals surface area contributed by atoms with E-state index in [9.17, 15) is 9.90 Å². The topological polar surface area (TPSA) is 59.0 Å². The van der Waals surface area contributed by atoms with Gasteiger partial charge in [-0.2, -0.15) is 0 Å². The second-order valence-electron chi connectivity index (χ2n) is 7.05. The van der Waals surface area contributed by atoms with Gasteiger partial charge in [0.25, 0.3) is 5.91 Å². The van der Waals surface area contributed by atoms with Crippen LogP contribution in [-0.2, 0) is 11.3 Å². The molecule has 3 aromatic rings. The number of rotatable bonds is 6. The molecule has 1 atom stereocenters. The third-order valence-electron chi connectivity index (χ3n) is 5.34. The molecule has 0 radical (unpaired) electrons. The summed E-state index contributed by atoms with van der Waals surface area (Å²) >= 11 is 0. The van der Waals surface area contributed by atoms with Gasteiger partial charge in [0.15, 0.2) is 5.76 Å². The Morgan fingerprint density at radius 2 is 1.57 bits per heavy atom. The molecular formula is C25H23NO4. The Labute approximate surface area is 175 Å². The molecule has 0 unspecified atom stereocenters. The predicted octanol–water partition coefficient (Wildman–Crippen LogP) is 4.76. The summed E-state index contributed by atoms with van der Waals surface area (Å²) in [6.45, 7) is 0.284. The summed E-state index contributed by atoms with van der Waals surface area (Å²) in [7, 11) is 3.18. The number of nitrogens with zero attached hydrogens (tertiary/aromatic N) is 1. The van der Waals surface area contributed by atoms with Crippen LogP contribution >= 0.6 is 0 Å². The van der Waals surface area contributed by atoms with Gasteiger partial charge in [0, 0.05) is 17.2 Å². The van der Waals surface area contributed by atoms with Crippen LogP contribution < -0.4 is 9.47 Å². The van der Waals surface area contributed by atoms with Crippen molar-refractivity contribution in [3.8, 4) is 11.5 Å². The van der Waals surface area contributed by atoms with E-state index in [-0.39, 0.29) is 12.3 Å². The van der Waals surface area contributed by atoms with E-state index in [1.807, 2.05) is 72.8 Å². The van der Waals surface area contributed by atoms with Gasteiger partial charge in [0.05, 0.1) is 26.8 Å². The van der Waals surface area contributed by atoms with Crippen LogP contribution in [-0.4, -0.2) is 30.1 Å². The van der Waals surface area contributed by atoms with Crippen molar-refractivity contribution in [2.45, 2.75) is 12.6 Å². The summed E-state index contributed by atoms with van der Waals surface area (Å²) in [5.41, 5.74) is 3.19. The molecule has 0 spiro atoms. The van der Waals surface area contributed by atoms with Crippen molar-refractivity contribution >= 4 is 11.5 Å². The van der Waals surface area contributed by atoms with Crippen LogP contribution in [0, 0.1) is 0 Å². The predicted molar refractivity (Wildman–Crippen MR) is 115 cm³/mol. The number of hydrogen-bond donors (Lipinski definition) is 1. The number of carbonyl (C=O) groups excluding carboxylic acids is 1. The molecule has 1 aliphatic heterocycles. The largest absolute Gasteiger partial charge is 0.503 e. The molecule has 152 valence electrons. The minimum Gasteiger partial charge on any atom is -0.503 e. The standard InChI is InChI=1S/C25H23NO4/c1-29-20-14-13-19(21(15-20)30-2)16-26-23(18-11-7-4-8-12-18)22(24(27)25(26)28)17-9-5-3-6-10-17/h3-15,23,27H,16H2,1-2H3/t23-/m1/s1. The molecule has 1 N–H and O–H groups in total. The second kappa shape index (κ2) is 8.33. The lowest BCUT2D eigenvalue weighted by atomic mass is 9.93. The van der Waals surface area contributed by atoms with Gasteiger partial charge in [-0.1, -0.05) is 60.7 Å². The van der Waals surface area contributed by atoms with Crippen molar-refractivity contribution in [2.24, 2.45) is 0 Å². The molecule has 1 amide bonds. The Morgan fingerprint density at radius 3 is 2.20 bits per heavy atom. The van der Waals surface area contributed by atoms with Crippen LogP contribution in [0.15, 0.2) is 84.6 Å². The summed E-state index contributed by atoms with van der Waals surface area (Å²) in [5, 5.41) is 10.8. The Kier molecular flexibility index (Phi) is 5.44. The van der Waals surface area contributed by atoms with Crippen molar-refractivity contribution in [3.63, 3.8) is 0 Å². The van der Waals surface area contributed by atoms with Gasteiger partial charge in [-0.3, -0.25) is 4.79 Å². The van der Waals surface area contributed by atoms with Gasteiger partial charge >= 0.3 is 0 Å². The van der Waals surface area contributed by atoms with E-state index in [4.69, 9.17) is 9.47 Å². The fourth-order valence-electron chi connectivity index (χ4n) is 3.88. The lowest BCUT2D eigenvalue weighted by molar-refractivity contribution is -0.130. The first-order valence-corrected chi connectivity index (χ1v) is 9.69. The fraction of sp³-hybridized carbons (Fsp3) is 0.160. The summed E-state index contributed by atoms with van der Waals surface area (Å²) in [4.78, 5) is 14.8. The van der Waals surface area contributed by atoms with Crippen LogP contribution in [0.1, 0.15) is 22.7 Å². The molecular weight excluding hydrogens is 378 g/mol. The zero-order valence-corrected chi connectivity index (χ0v) is 16.9. The maximum atomic E-state index is 13.2. The Bertz CT molecular complexity index is 1080. The fourth-order valence-corrected chi connectivity index (χ4v) is 3.88. The highest BCUT2D eigenvalue weighted by Crippen LogP contribution is 2.44. The number of carbonyl (C=O) groups is 1. The molecule has 0 saturated heterocycles. The molecule has 0 aliphatic carbocycles. The van der Waals surface area contributed by atoms with E-state index < -0.39 is 11.9 Å². The van der Waals surface area contributed by atoms with E-state index >= 15 is 0 Å². The molecule has 1 aliphatic rings. The summed E-state index contributed by atoms with van der Waals surface area (Å²) in [6.07, 6.45) is 0. The van der Waals surface area contributed by atoms with Crippen molar-refractivity contribution in [1.29, 1.82) is 0 Å². The zero-order chi connectivity index (χ0) is 21.1. The zero-order valence-electron chi connectivity index (χ0n) is 16.9. The van der Waals surface area contributed by atoms with E-state index in [1.165, 1.54) is 0 Å². The first-order chi connectivity index (χ1) is 14.6. The normalized spacial score (nSPS) is 16.1. The number of aliphatic hydroxyl groups is 1. The minimum atomic E-state index is -0.409. The van der Waals surface area contributed by atoms with Gasteiger partial charge in [0.2, 0.25) is 0 Å². The molecule has 0 bridgehead atoms. The number of benzene rings is 3. The number of aliphatic hydroxyl groups excluding tert-OH is 1. The number of methoxy groups -OCH3 is 2. The maximum absolute atomic E-state index is 13.2. The van der Waals surface area contributed by atoms with E-state index in [2.05, 4.69) is 0 Å². The SMILES string of the molecule is COc1ccc(CN2C(=O)C(O)=C(c3ccccc3)[C@H]2c2ccccc2)c(OC)c1. The highest BCUT2D eigenvalue weighted by atomic mass is 16.5. The van der Waals surface area contributed by atoms with Crippen molar-refractivity contribution in [2.75, 3.05) is 14.2 Å². The quantitative estimate of drug-likeness (QED) is 0.647. The molecule has 0 saturated carbocycles. The lowest BCUT2D eigenvalue weighted by Crippen LogP contribution is -2.30. The van der Waals surface area contributed by atoms with Gasteiger partial charge in [-0.25, -0.2) is 0 Å². The van der Waals surface area contributed by atoms with E-state index in [0.29, 0.717) is 17.1 Å². The smallest absolute Gasteiger partial charge is 0.290 e. The number of ether oxygens (including phenoxy) is 2. The van der Waals surface area contributed by atoms with Crippen LogP contribution in [0.5, 0.6) is 11.5 Å². The van der Waals surface area contributed by atoms with Crippen molar-refractivity contribution in [3.05, 3.63) is 101 Å². The lowest BCUT2D eigenvalue weighted by Gasteiger charge is -2.28. The van der Waals surface area contributed by atoms with Gasteiger partial charge in [-0.05, 0) is 23.3 Å². The van der Waals surface area contributed by atoms with Gasteiger partial charge in [0.1, 0.15) is 11.5 Å². The Morgan fingerprint density at radius 1 is 0.900 bits per heavy atom. The Hall–Kier alpha value is -3.73. The second-order valence-corrected chi connectivity index (χ2v) is 7.05. The van der Waals surface area contributed by atoms with Gasteiger partial charge in [-0.15, -0.1) is 0 Å². The van der Waals surface area contributed by atoms with Gasteiger partial charge < -0.3 is 19.5 Å². The van der Waals surface area contributed by atoms with Crippen LogP contribution in [0.4, 0.5) is 0 Å². The molecule has 3 aromatic carbocycles. The molecule has 1 heterocycles. The molecule has 30 heavy (non-hydrogen) atoms. The first kappa shape index (κ1) is 19.6. The summed E-state index contributed by atoms with van der Waals surface area (Å²) in [6, 6.07) is 24.4.